The molecule has 36 heavy (non-hydrogen) atoms. The van der Waals surface area contributed by atoms with Crippen molar-refractivity contribution >= 4 is 27.8 Å². The van der Waals surface area contributed by atoms with E-state index in [4.69, 9.17) is 0 Å². The summed E-state index contributed by atoms with van der Waals surface area (Å²) in [4.78, 5) is 12.4. The molecule has 0 bridgehead atoms. The highest BCUT2D eigenvalue weighted by molar-refractivity contribution is 7.92. The van der Waals surface area contributed by atoms with Gasteiger partial charge in [0.2, 0.25) is 10.0 Å². The van der Waals surface area contributed by atoms with Gasteiger partial charge in [-0.25, -0.2) is 13.8 Å². The van der Waals surface area contributed by atoms with Gasteiger partial charge in [-0.1, -0.05) is 12.1 Å². The van der Waals surface area contributed by atoms with Crippen molar-refractivity contribution in [3.63, 3.8) is 0 Å². The third kappa shape index (κ3) is 6.34. The van der Waals surface area contributed by atoms with Crippen LogP contribution in [0.1, 0.15) is 33.6 Å². The average Bonchev–Trinajstić information content (AvgIpc) is 3.03. The van der Waals surface area contributed by atoms with Gasteiger partial charge in [-0.15, -0.1) is 0 Å². The van der Waals surface area contributed by atoms with Gasteiger partial charge in [0.25, 0.3) is 5.91 Å². The lowest BCUT2D eigenvalue weighted by Gasteiger charge is -2.22. The van der Waals surface area contributed by atoms with Crippen LogP contribution in [0.15, 0.2) is 53.6 Å². The van der Waals surface area contributed by atoms with Crippen molar-refractivity contribution in [2.45, 2.75) is 33.9 Å². The molecule has 1 heterocycles. The molecule has 0 saturated heterocycles. The number of aryl methyl sites for hydroxylation is 3. The van der Waals surface area contributed by atoms with E-state index in [1.165, 1.54) is 12.3 Å². The van der Waals surface area contributed by atoms with Gasteiger partial charge in [-0.05, 0) is 75.2 Å². The Hall–Kier alpha value is -3.60. The standard InChI is InChI=1S/C25H27F3N4O3S/c1-16-9-17(2)11-23(10-16)32-18(3)12-20(19(32)4)14-29-30-24(33)15-31(36(5,34)35)22-8-6-7-21(13-22)25(26,27)28/h6-14H,15H2,1-5H3,(H,30,33)/b29-14-. The summed E-state index contributed by atoms with van der Waals surface area (Å²) in [6.07, 6.45) is -2.41. The van der Waals surface area contributed by atoms with E-state index < -0.39 is 34.2 Å². The predicted molar refractivity (Wildman–Crippen MR) is 134 cm³/mol. The van der Waals surface area contributed by atoms with Gasteiger partial charge in [0.1, 0.15) is 6.54 Å². The number of halogens is 3. The highest BCUT2D eigenvalue weighted by Gasteiger charge is 2.32. The first kappa shape index (κ1) is 27.0. The zero-order chi connectivity index (χ0) is 26.8. The number of anilines is 1. The lowest BCUT2D eigenvalue weighted by Crippen LogP contribution is -2.39. The van der Waals surface area contributed by atoms with Crippen LogP contribution in [0.5, 0.6) is 0 Å². The lowest BCUT2D eigenvalue weighted by atomic mass is 10.1. The summed E-state index contributed by atoms with van der Waals surface area (Å²) in [5.41, 5.74) is 6.78. The monoisotopic (exact) mass is 520 g/mol. The van der Waals surface area contributed by atoms with Crippen LogP contribution in [-0.4, -0.2) is 37.9 Å². The second kappa shape index (κ2) is 10.2. The van der Waals surface area contributed by atoms with E-state index in [1.807, 2.05) is 33.8 Å². The van der Waals surface area contributed by atoms with Crippen molar-refractivity contribution in [1.29, 1.82) is 0 Å². The molecule has 0 aliphatic carbocycles. The summed E-state index contributed by atoms with van der Waals surface area (Å²) < 4.78 is 66.3. The number of benzene rings is 2. The molecule has 3 rings (SSSR count). The van der Waals surface area contributed by atoms with E-state index in [0.29, 0.717) is 10.4 Å². The second-order valence-corrected chi connectivity index (χ2v) is 10.5. The number of hydrogen-bond donors (Lipinski definition) is 1. The Kier molecular flexibility index (Phi) is 7.63. The van der Waals surface area contributed by atoms with Crippen molar-refractivity contribution in [3.8, 4) is 5.69 Å². The van der Waals surface area contributed by atoms with E-state index in [2.05, 4.69) is 33.3 Å². The van der Waals surface area contributed by atoms with E-state index >= 15 is 0 Å². The minimum Gasteiger partial charge on any atom is -0.318 e. The van der Waals surface area contributed by atoms with E-state index in [9.17, 15) is 26.4 Å². The molecule has 192 valence electrons. The number of aromatic nitrogens is 1. The molecule has 0 spiro atoms. The van der Waals surface area contributed by atoms with Crippen LogP contribution in [0.25, 0.3) is 5.69 Å². The first-order valence-corrected chi connectivity index (χ1v) is 12.8. The summed E-state index contributed by atoms with van der Waals surface area (Å²) in [6.45, 7) is 7.15. The van der Waals surface area contributed by atoms with Gasteiger partial charge in [0.15, 0.2) is 0 Å². The van der Waals surface area contributed by atoms with Crippen LogP contribution in [0.3, 0.4) is 0 Å². The van der Waals surface area contributed by atoms with Gasteiger partial charge >= 0.3 is 6.18 Å². The Morgan fingerprint density at radius 2 is 1.69 bits per heavy atom. The van der Waals surface area contributed by atoms with E-state index in [1.54, 1.807) is 0 Å². The number of hydrazone groups is 1. The molecule has 3 aromatic rings. The quantitative estimate of drug-likeness (QED) is 0.364. The number of sulfonamides is 1. The minimum atomic E-state index is -4.66. The maximum Gasteiger partial charge on any atom is 0.416 e. The summed E-state index contributed by atoms with van der Waals surface area (Å²) in [5.74, 6) is -0.808. The average molecular weight is 521 g/mol. The Bertz CT molecular complexity index is 1410. The van der Waals surface area contributed by atoms with Crippen LogP contribution in [0, 0.1) is 27.7 Å². The number of hydrogen-bond acceptors (Lipinski definition) is 4. The minimum absolute atomic E-state index is 0.275. The Balaban J connectivity index is 1.78. The zero-order valence-corrected chi connectivity index (χ0v) is 21.3. The maximum absolute atomic E-state index is 13.1. The lowest BCUT2D eigenvalue weighted by molar-refractivity contribution is -0.137. The summed E-state index contributed by atoms with van der Waals surface area (Å²) in [6, 6.07) is 11.9. The third-order valence-corrected chi connectivity index (χ3v) is 6.62. The molecule has 0 radical (unpaired) electrons. The van der Waals surface area contributed by atoms with Gasteiger partial charge < -0.3 is 4.57 Å². The van der Waals surface area contributed by atoms with Gasteiger partial charge in [-0.3, -0.25) is 9.10 Å². The first-order valence-electron chi connectivity index (χ1n) is 10.9. The van der Waals surface area contributed by atoms with Crippen LogP contribution < -0.4 is 9.73 Å². The maximum atomic E-state index is 13.1. The molecule has 7 nitrogen and oxygen atoms in total. The fraction of sp³-hybridized carbons (Fsp3) is 0.280. The van der Waals surface area contributed by atoms with Crippen LogP contribution >= 0.6 is 0 Å². The third-order valence-electron chi connectivity index (χ3n) is 5.48. The molecular weight excluding hydrogens is 493 g/mol. The van der Waals surface area contributed by atoms with Gasteiger partial charge in [-0.2, -0.15) is 18.3 Å². The van der Waals surface area contributed by atoms with E-state index in [-0.39, 0.29) is 5.69 Å². The van der Waals surface area contributed by atoms with Crippen molar-refractivity contribution in [1.82, 2.24) is 9.99 Å². The molecule has 2 aromatic carbocycles. The molecule has 0 saturated carbocycles. The number of carbonyl (C=O) groups excluding carboxylic acids is 1. The number of amides is 1. The van der Waals surface area contributed by atoms with Gasteiger partial charge in [0.05, 0.1) is 23.7 Å². The van der Waals surface area contributed by atoms with Crippen molar-refractivity contribution < 1.29 is 26.4 Å². The van der Waals surface area contributed by atoms with Crippen molar-refractivity contribution in [2.75, 3.05) is 17.1 Å². The predicted octanol–water partition coefficient (Wildman–Crippen LogP) is 4.65. The molecule has 0 aliphatic rings. The molecular formula is C25H27F3N4O3S. The zero-order valence-electron chi connectivity index (χ0n) is 20.5. The van der Waals surface area contributed by atoms with Crippen LogP contribution in [0.2, 0.25) is 0 Å². The first-order chi connectivity index (χ1) is 16.7. The Labute approximate surface area is 208 Å². The SMILES string of the molecule is Cc1cc(C)cc(-n2c(C)cc(/C=N\NC(=O)CN(c3cccc(C(F)(F)F)c3)S(C)(=O)=O)c2C)c1. The molecule has 0 aliphatic heterocycles. The van der Waals surface area contributed by atoms with Crippen molar-refractivity contribution in [2.24, 2.45) is 5.10 Å². The molecule has 0 atom stereocenters. The fourth-order valence-electron chi connectivity index (χ4n) is 3.97. The normalized spacial score (nSPS) is 12.2. The highest BCUT2D eigenvalue weighted by atomic mass is 32.2. The molecule has 1 N–H and O–H groups in total. The molecule has 0 fully saturated rings. The second-order valence-electron chi connectivity index (χ2n) is 8.62. The number of carbonyl (C=O) groups is 1. The summed E-state index contributed by atoms with van der Waals surface area (Å²) in [5, 5.41) is 3.93. The molecule has 1 aromatic heterocycles. The highest BCUT2D eigenvalue weighted by Crippen LogP contribution is 2.32. The van der Waals surface area contributed by atoms with Crippen LogP contribution in [-0.2, 0) is 21.0 Å². The smallest absolute Gasteiger partial charge is 0.318 e. The van der Waals surface area contributed by atoms with Crippen LogP contribution in [0.4, 0.5) is 18.9 Å². The molecule has 11 heteroatoms. The largest absolute Gasteiger partial charge is 0.416 e. The fourth-order valence-corrected chi connectivity index (χ4v) is 4.82. The van der Waals surface area contributed by atoms with Crippen molar-refractivity contribution in [3.05, 3.63) is 82.2 Å². The summed E-state index contributed by atoms with van der Waals surface area (Å²) in [7, 11) is -4.05. The van der Waals surface area contributed by atoms with E-state index in [0.717, 1.165) is 52.2 Å². The number of rotatable bonds is 7. The Morgan fingerprint density at radius 3 is 2.28 bits per heavy atom. The number of alkyl halides is 3. The molecule has 1 amide bonds. The number of nitrogens with zero attached hydrogens (tertiary/aromatic N) is 3. The Morgan fingerprint density at radius 1 is 1.06 bits per heavy atom. The summed E-state index contributed by atoms with van der Waals surface area (Å²) >= 11 is 0. The molecule has 0 unspecified atom stereocenters. The number of nitrogens with one attached hydrogen (secondary N) is 1. The topological polar surface area (TPSA) is 83.8 Å². The van der Waals surface area contributed by atoms with Gasteiger partial charge in [0, 0.05) is 22.6 Å².